The molecule has 0 spiro atoms. The summed E-state index contributed by atoms with van der Waals surface area (Å²) in [7, 11) is 0. The monoisotopic (exact) mass is 411 g/mol. The lowest BCUT2D eigenvalue weighted by atomic mass is 10.0. The predicted octanol–water partition coefficient (Wildman–Crippen LogP) is 4.85. The molecule has 7 heteroatoms. The fraction of sp³-hybridized carbons (Fsp3) is 0.348. The van der Waals surface area contributed by atoms with Crippen molar-refractivity contribution >= 4 is 22.5 Å². The highest BCUT2D eigenvalue weighted by atomic mass is 19.3. The van der Waals surface area contributed by atoms with Gasteiger partial charge in [0.2, 0.25) is 11.8 Å². The number of hydrogen-bond donors (Lipinski definition) is 1. The molecule has 30 heavy (non-hydrogen) atoms. The van der Waals surface area contributed by atoms with E-state index >= 15 is 0 Å². The molecule has 0 unspecified atom stereocenters. The van der Waals surface area contributed by atoms with Gasteiger partial charge in [-0.2, -0.15) is 0 Å². The van der Waals surface area contributed by atoms with Gasteiger partial charge in [-0.25, -0.2) is 13.8 Å². The van der Waals surface area contributed by atoms with Crippen LogP contribution in [0.2, 0.25) is 0 Å². The van der Waals surface area contributed by atoms with Crippen LogP contribution in [-0.4, -0.2) is 21.4 Å². The molecule has 1 aromatic carbocycles. The van der Waals surface area contributed by atoms with Crippen molar-refractivity contribution < 1.29 is 13.6 Å². The third-order valence-corrected chi connectivity index (χ3v) is 5.29. The van der Waals surface area contributed by atoms with E-state index in [4.69, 9.17) is 0 Å². The number of nitrogens with one attached hydrogen (secondary N) is 1. The van der Waals surface area contributed by atoms with Crippen molar-refractivity contribution in [1.82, 2.24) is 9.55 Å². The number of amides is 1. The first-order chi connectivity index (χ1) is 14.3. The van der Waals surface area contributed by atoms with Crippen LogP contribution >= 0.6 is 0 Å². The predicted molar refractivity (Wildman–Crippen MR) is 113 cm³/mol. The summed E-state index contributed by atoms with van der Waals surface area (Å²) in [5.74, 6) is -2.46. The Bertz CT molecular complexity index is 1130. The number of carbonyl (C=O) groups is 1. The van der Waals surface area contributed by atoms with Crippen molar-refractivity contribution in [2.75, 3.05) is 5.32 Å². The molecule has 0 saturated heterocycles. The summed E-state index contributed by atoms with van der Waals surface area (Å²) in [6.07, 6.45) is 5.03. The van der Waals surface area contributed by atoms with Crippen molar-refractivity contribution in [3.8, 4) is 11.1 Å². The van der Waals surface area contributed by atoms with Gasteiger partial charge in [-0.3, -0.25) is 9.59 Å². The second kappa shape index (κ2) is 7.97. The molecule has 156 valence electrons. The normalized spacial score (nSPS) is 14.1. The number of halogens is 2. The maximum atomic E-state index is 12.9. The topological polar surface area (TPSA) is 64.0 Å². The van der Waals surface area contributed by atoms with E-state index in [-0.39, 0.29) is 12.0 Å². The molecule has 4 rings (SSSR count). The van der Waals surface area contributed by atoms with Crippen molar-refractivity contribution in [1.29, 1.82) is 0 Å². The Morgan fingerprint density at radius 1 is 1.20 bits per heavy atom. The first-order valence-electron chi connectivity index (χ1n) is 10.1. The minimum atomic E-state index is -2.87. The van der Waals surface area contributed by atoms with E-state index in [1.54, 1.807) is 22.9 Å². The summed E-state index contributed by atoms with van der Waals surface area (Å²) in [5, 5.41) is 4.08. The highest BCUT2D eigenvalue weighted by Gasteiger charge is 2.23. The fourth-order valence-corrected chi connectivity index (χ4v) is 3.36. The minimum absolute atomic E-state index is 0.00539. The van der Waals surface area contributed by atoms with Crippen LogP contribution in [-0.2, 0) is 11.3 Å². The number of nitrogens with zero attached hydrogens (tertiary/aromatic N) is 2. The summed E-state index contributed by atoms with van der Waals surface area (Å²) in [6.45, 7) is 1.55. The molecule has 0 atom stereocenters. The molecule has 1 amide bonds. The Kier molecular flexibility index (Phi) is 5.37. The number of hydrogen-bond acceptors (Lipinski definition) is 3. The van der Waals surface area contributed by atoms with Crippen LogP contribution in [0.15, 0.2) is 53.6 Å². The molecule has 1 aliphatic rings. The van der Waals surface area contributed by atoms with Crippen molar-refractivity contribution in [2.45, 2.75) is 45.1 Å². The molecule has 1 N–H and O–H groups in total. The standard InChI is InChI=1S/C23H23F2N3O2/c1-23(24,25)10-8-21(29)27-20-7-6-18(13-26-20)17-5-4-16-9-11-28(14-15-2-3-15)22(30)19(16)12-17/h4-7,9,11-13,15H,2-3,8,10,14H2,1H3,(H,26,27,29). The summed E-state index contributed by atoms with van der Waals surface area (Å²) in [4.78, 5) is 28.8. The van der Waals surface area contributed by atoms with Gasteiger partial charge in [0, 0.05) is 42.7 Å². The van der Waals surface area contributed by atoms with E-state index in [0.29, 0.717) is 17.1 Å². The zero-order valence-corrected chi connectivity index (χ0v) is 16.7. The Labute approximate surface area is 172 Å². The van der Waals surface area contributed by atoms with E-state index in [2.05, 4.69) is 10.3 Å². The zero-order valence-electron chi connectivity index (χ0n) is 16.7. The maximum absolute atomic E-state index is 12.9. The van der Waals surface area contributed by atoms with E-state index < -0.39 is 18.3 Å². The Morgan fingerprint density at radius 3 is 2.63 bits per heavy atom. The van der Waals surface area contributed by atoms with Crippen LogP contribution in [0.4, 0.5) is 14.6 Å². The van der Waals surface area contributed by atoms with Gasteiger partial charge >= 0.3 is 0 Å². The zero-order chi connectivity index (χ0) is 21.3. The number of anilines is 1. The number of rotatable bonds is 7. The van der Waals surface area contributed by atoms with Gasteiger partial charge in [-0.1, -0.05) is 12.1 Å². The molecule has 2 heterocycles. The Hall–Kier alpha value is -3.09. The van der Waals surface area contributed by atoms with E-state index in [1.807, 2.05) is 30.5 Å². The smallest absolute Gasteiger partial charge is 0.258 e. The maximum Gasteiger partial charge on any atom is 0.258 e. The third kappa shape index (κ3) is 4.90. The molecule has 1 fully saturated rings. The minimum Gasteiger partial charge on any atom is -0.315 e. The van der Waals surface area contributed by atoms with Gasteiger partial charge in [0.15, 0.2) is 0 Å². The van der Waals surface area contributed by atoms with Gasteiger partial charge in [0.25, 0.3) is 5.56 Å². The molecule has 3 aromatic rings. The van der Waals surface area contributed by atoms with Crippen molar-refractivity contribution in [3.05, 3.63) is 59.1 Å². The van der Waals surface area contributed by atoms with Crippen LogP contribution in [0.1, 0.15) is 32.6 Å². The largest absolute Gasteiger partial charge is 0.315 e. The molecular formula is C23H23F2N3O2. The lowest BCUT2D eigenvalue weighted by Crippen LogP contribution is -2.20. The number of carbonyl (C=O) groups excluding carboxylic acids is 1. The quantitative estimate of drug-likeness (QED) is 0.605. The van der Waals surface area contributed by atoms with Gasteiger partial charge in [0.05, 0.1) is 0 Å². The Morgan fingerprint density at radius 2 is 1.97 bits per heavy atom. The highest BCUT2D eigenvalue weighted by Crippen LogP contribution is 2.30. The number of benzene rings is 1. The van der Waals surface area contributed by atoms with Crippen molar-refractivity contribution in [3.63, 3.8) is 0 Å². The van der Waals surface area contributed by atoms with Crippen LogP contribution in [0.25, 0.3) is 21.9 Å². The first kappa shape index (κ1) is 20.2. The van der Waals surface area contributed by atoms with E-state index in [1.165, 1.54) is 12.8 Å². The van der Waals surface area contributed by atoms with Crippen LogP contribution in [0.5, 0.6) is 0 Å². The van der Waals surface area contributed by atoms with Crippen LogP contribution in [0, 0.1) is 5.92 Å². The second-order valence-electron chi connectivity index (χ2n) is 8.07. The van der Waals surface area contributed by atoms with Crippen molar-refractivity contribution in [2.24, 2.45) is 5.92 Å². The van der Waals surface area contributed by atoms with Gasteiger partial charge in [-0.15, -0.1) is 0 Å². The molecular weight excluding hydrogens is 388 g/mol. The third-order valence-electron chi connectivity index (χ3n) is 5.29. The SMILES string of the molecule is CC(F)(F)CCC(=O)Nc1ccc(-c2ccc3ccn(CC4CC4)c(=O)c3c2)cn1. The Balaban J connectivity index is 1.51. The lowest BCUT2D eigenvalue weighted by molar-refractivity contribution is -0.118. The summed E-state index contributed by atoms with van der Waals surface area (Å²) < 4.78 is 27.5. The molecule has 5 nitrogen and oxygen atoms in total. The number of fused-ring (bicyclic) bond motifs is 1. The number of pyridine rings is 2. The highest BCUT2D eigenvalue weighted by molar-refractivity contribution is 5.90. The summed E-state index contributed by atoms with van der Waals surface area (Å²) in [5.41, 5.74) is 1.65. The van der Waals surface area contributed by atoms with Crippen LogP contribution < -0.4 is 10.9 Å². The lowest BCUT2D eigenvalue weighted by Gasteiger charge is -2.10. The first-order valence-corrected chi connectivity index (χ1v) is 10.1. The molecule has 0 aliphatic heterocycles. The molecule has 1 aliphatic carbocycles. The average molecular weight is 411 g/mol. The summed E-state index contributed by atoms with van der Waals surface area (Å²) in [6, 6.07) is 11.1. The van der Waals surface area contributed by atoms with Crippen LogP contribution in [0.3, 0.4) is 0 Å². The van der Waals surface area contributed by atoms with Gasteiger partial charge < -0.3 is 9.88 Å². The molecule has 1 saturated carbocycles. The average Bonchev–Trinajstić information content (AvgIpc) is 3.53. The number of alkyl halides is 2. The fourth-order valence-electron chi connectivity index (χ4n) is 3.36. The van der Waals surface area contributed by atoms with E-state index in [9.17, 15) is 18.4 Å². The molecule has 2 aromatic heterocycles. The van der Waals surface area contributed by atoms with Gasteiger partial charge in [0.1, 0.15) is 5.82 Å². The molecule has 0 radical (unpaired) electrons. The molecule has 0 bridgehead atoms. The summed E-state index contributed by atoms with van der Waals surface area (Å²) >= 11 is 0. The van der Waals surface area contributed by atoms with E-state index in [0.717, 1.165) is 30.0 Å². The second-order valence-corrected chi connectivity index (χ2v) is 8.07. The van der Waals surface area contributed by atoms with Gasteiger partial charge in [-0.05, 0) is 60.9 Å². The number of aromatic nitrogens is 2.